The minimum Gasteiger partial charge on any atom is -0.319 e. The molecule has 0 spiro atoms. The van der Waals surface area contributed by atoms with Gasteiger partial charge in [-0.25, -0.2) is 18.4 Å². The van der Waals surface area contributed by atoms with Gasteiger partial charge in [-0.1, -0.05) is 35.9 Å². The molecule has 1 aliphatic heterocycles. The zero-order valence-corrected chi connectivity index (χ0v) is 16.1. The summed E-state index contributed by atoms with van der Waals surface area (Å²) in [4.78, 5) is 38.5. The Morgan fingerprint density at radius 3 is 2.36 bits per heavy atom. The molecule has 8 nitrogen and oxygen atoms in total. The van der Waals surface area contributed by atoms with Crippen molar-refractivity contribution in [2.45, 2.75) is 24.3 Å². The van der Waals surface area contributed by atoms with Crippen LogP contribution in [-0.4, -0.2) is 37.6 Å². The normalized spacial score (nSPS) is 19.6. The van der Waals surface area contributed by atoms with Gasteiger partial charge in [-0.15, -0.1) is 0 Å². The van der Waals surface area contributed by atoms with E-state index in [9.17, 15) is 22.8 Å². The van der Waals surface area contributed by atoms with Gasteiger partial charge in [0.25, 0.3) is 5.91 Å². The second-order valence-electron chi connectivity index (χ2n) is 6.81. The molecule has 1 heterocycles. The van der Waals surface area contributed by atoms with Crippen molar-refractivity contribution >= 4 is 27.7 Å². The largest absolute Gasteiger partial charge is 0.325 e. The van der Waals surface area contributed by atoms with Crippen molar-refractivity contribution in [1.82, 2.24) is 10.2 Å². The van der Waals surface area contributed by atoms with E-state index in [1.54, 1.807) is 18.2 Å². The predicted molar refractivity (Wildman–Crippen MR) is 101 cm³/mol. The number of nitrogens with one attached hydrogen (secondary N) is 1. The lowest BCUT2D eigenvalue weighted by molar-refractivity contribution is -0.130. The Balaban J connectivity index is 1.85. The number of primary sulfonamides is 1. The summed E-state index contributed by atoms with van der Waals surface area (Å²) in [6.07, 6.45) is 0. The molecule has 1 fully saturated rings. The minimum atomic E-state index is -3.88. The van der Waals surface area contributed by atoms with E-state index in [2.05, 4.69) is 5.32 Å². The fourth-order valence-electron chi connectivity index (χ4n) is 3.07. The van der Waals surface area contributed by atoms with Gasteiger partial charge in [-0.3, -0.25) is 14.5 Å². The zero-order chi connectivity index (χ0) is 20.7. The van der Waals surface area contributed by atoms with Crippen molar-refractivity contribution in [2.75, 3.05) is 6.54 Å². The molecule has 0 saturated carbocycles. The lowest BCUT2D eigenvalue weighted by Gasteiger charge is -2.22. The summed E-state index contributed by atoms with van der Waals surface area (Å²) in [6, 6.07) is 11.5. The smallest absolute Gasteiger partial charge is 0.319 e. The molecular formula is C19H19N3O5S. The number of amides is 3. The van der Waals surface area contributed by atoms with E-state index in [0.29, 0.717) is 11.1 Å². The van der Waals surface area contributed by atoms with Gasteiger partial charge in [0.1, 0.15) is 5.54 Å². The number of ketones is 1. The molecule has 3 N–H and O–H groups in total. The molecule has 0 bridgehead atoms. The maximum Gasteiger partial charge on any atom is 0.325 e. The number of urea groups is 1. The highest BCUT2D eigenvalue weighted by Crippen LogP contribution is 2.29. The summed E-state index contributed by atoms with van der Waals surface area (Å²) < 4.78 is 22.8. The average Bonchev–Trinajstić information content (AvgIpc) is 2.85. The number of hydrogen-bond acceptors (Lipinski definition) is 5. The van der Waals surface area contributed by atoms with Crippen LogP contribution in [0.25, 0.3) is 0 Å². The highest BCUT2D eigenvalue weighted by Gasteiger charge is 2.49. The first-order chi connectivity index (χ1) is 13.0. The van der Waals surface area contributed by atoms with Crippen molar-refractivity contribution in [3.05, 3.63) is 65.2 Å². The monoisotopic (exact) mass is 401 g/mol. The van der Waals surface area contributed by atoms with Crippen LogP contribution in [0.5, 0.6) is 0 Å². The lowest BCUT2D eigenvalue weighted by atomic mass is 9.92. The number of hydrogen-bond donors (Lipinski definition) is 2. The Morgan fingerprint density at radius 2 is 1.79 bits per heavy atom. The number of carbonyl (C=O) groups excluding carboxylic acids is 3. The van der Waals surface area contributed by atoms with Crippen LogP contribution in [0, 0.1) is 6.92 Å². The molecule has 1 saturated heterocycles. The number of nitrogens with two attached hydrogens (primary N) is 1. The molecule has 1 unspecified atom stereocenters. The van der Waals surface area contributed by atoms with E-state index in [-0.39, 0.29) is 17.2 Å². The molecule has 0 radical (unpaired) electrons. The van der Waals surface area contributed by atoms with E-state index >= 15 is 0 Å². The number of carbonyl (C=O) groups is 3. The number of Topliss-reactive ketones (excluding diaryl/α,β-unsaturated/α-hetero) is 1. The number of nitrogens with zero attached hydrogens (tertiary/aromatic N) is 1. The summed E-state index contributed by atoms with van der Waals surface area (Å²) in [5.41, 5.74) is 0.263. The molecule has 3 amide bonds. The van der Waals surface area contributed by atoms with Crippen molar-refractivity contribution in [3.63, 3.8) is 0 Å². The van der Waals surface area contributed by atoms with E-state index in [0.717, 1.165) is 10.5 Å². The molecule has 1 atom stereocenters. The van der Waals surface area contributed by atoms with Crippen LogP contribution in [0.3, 0.4) is 0 Å². The molecule has 1 aliphatic rings. The standard InChI is InChI=1S/C19H19N3O5S/c1-12-4-3-5-13(10-12)16(23)11-22-17(24)19(2,21-18(22)25)14-6-8-15(9-7-14)28(20,26)27/h3-10H,11H2,1-2H3,(H,21,25)(H2,20,26,27). The zero-order valence-electron chi connectivity index (χ0n) is 15.3. The van der Waals surface area contributed by atoms with Gasteiger partial charge in [0.2, 0.25) is 10.0 Å². The van der Waals surface area contributed by atoms with Gasteiger partial charge < -0.3 is 5.32 Å². The van der Waals surface area contributed by atoms with Crippen LogP contribution in [0.4, 0.5) is 4.79 Å². The summed E-state index contributed by atoms with van der Waals surface area (Å²) >= 11 is 0. The van der Waals surface area contributed by atoms with Gasteiger partial charge in [0.15, 0.2) is 5.78 Å². The van der Waals surface area contributed by atoms with Gasteiger partial charge in [-0.2, -0.15) is 0 Å². The minimum absolute atomic E-state index is 0.108. The number of imide groups is 1. The Hall–Kier alpha value is -3.04. The average molecular weight is 401 g/mol. The van der Waals surface area contributed by atoms with E-state index in [1.165, 1.54) is 31.2 Å². The molecule has 9 heteroatoms. The van der Waals surface area contributed by atoms with Crippen molar-refractivity contribution in [1.29, 1.82) is 0 Å². The van der Waals surface area contributed by atoms with Crippen LogP contribution in [-0.2, 0) is 20.4 Å². The van der Waals surface area contributed by atoms with Crippen LogP contribution < -0.4 is 10.5 Å². The molecule has 3 rings (SSSR count). The Bertz CT molecular complexity index is 1080. The third kappa shape index (κ3) is 3.54. The van der Waals surface area contributed by atoms with Gasteiger partial charge in [-0.05, 0) is 37.6 Å². The highest BCUT2D eigenvalue weighted by atomic mass is 32.2. The van der Waals surface area contributed by atoms with Crippen LogP contribution >= 0.6 is 0 Å². The Kier molecular flexibility index (Phi) is 4.82. The van der Waals surface area contributed by atoms with Gasteiger partial charge >= 0.3 is 6.03 Å². The Morgan fingerprint density at radius 1 is 1.14 bits per heavy atom. The van der Waals surface area contributed by atoms with Crippen molar-refractivity contribution in [3.8, 4) is 0 Å². The van der Waals surface area contributed by atoms with Crippen LogP contribution in [0.15, 0.2) is 53.4 Å². The summed E-state index contributed by atoms with van der Waals surface area (Å²) in [6.45, 7) is 2.95. The molecule has 0 aromatic heterocycles. The molecule has 146 valence electrons. The molecule has 28 heavy (non-hydrogen) atoms. The fourth-order valence-corrected chi connectivity index (χ4v) is 3.58. The van der Waals surface area contributed by atoms with E-state index in [1.807, 2.05) is 13.0 Å². The summed E-state index contributed by atoms with van der Waals surface area (Å²) in [5.74, 6) is -0.956. The summed E-state index contributed by atoms with van der Waals surface area (Å²) in [5, 5.41) is 7.65. The number of sulfonamides is 1. The first-order valence-corrected chi connectivity index (χ1v) is 9.94. The summed E-state index contributed by atoms with van der Waals surface area (Å²) in [7, 11) is -3.88. The first kappa shape index (κ1) is 19.7. The third-order valence-corrected chi connectivity index (χ3v) is 5.61. The third-order valence-electron chi connectivity index (χ3n) is 4.68. The predicted octanol–water partition coefficient (Wildman–Crippen LogP) is 1.29. The fraction of sp³-hybridized carbons (Fsp3) is 0.211. The van der Waals surface area contributed by atoms with Crippen LogP contribution in [0.2, 0.25) is 0 Å². The van der Waals surface area contributed by atoms with E-state index < -0.39 is 27.5 Å². The number of benzene rings is 2. The Labute approximate surface area is 162 Å². The highest BCUT2D eigenvalue weighted by molar-refractivity contribution is 7.89. The maximum absolute atomic E-state index is 12.9. The molecule has 2 aromatic carbocycles. The second kappa shape index (κ2) is 6.84. The van der Waals surface area contributed by atoms with Crippen molar-refractivity contribution in [2.24, 2.45) is 5.14 Å². The second-order valence-corrected chi connectivity index (χ2v) is 8.37. The molecule has 2 aromatic rings. The van der Waals surface area contributed by atoms with Crippen LogP contribution in [0.1, 0.15) is 28.4 Å². The quantitative estimate of drug-likeness (QED) is 0.577. The molecule has 0 aliphatic carbocycles. The number of aryl methyl sites for hydroxylation is 1. The number of rotatable bonds is 5. The van der Waals surface area contributed by atoms with E-state index in [4.69, 9.17) is 5.14 Å². The SMILES string of the molecule is Cc1cccc(C(=O)CN2C(=O)NC(C)(c3ccc(S(N)(=O)=O)cc3)C2=O)c1. The lowest BCUT2D eigenvalue weighted by Crippen LogP contribution is -2.41. The first-order valence-electron chi connectivity index (χ1n) is 8.40. The van der Waals surface area contributed by atoms with Crippen molar-refractivity contribution < 1.29 is 22.8 Å². The topological polar surface area (TPSA) is 127 Å². The maximum atomic E-state index is 12.9. The van der Waals surface area contributed by atoms with Gasteiger partial charge in [0, 0.05) is 5.56 Å². The molecular weight excluding hydrogens is 382 g/mol. The van der Waals surface area contributed by atoms with Gasteiger partial charge in [0.05, 0.1) is 11.4 Å².